The summed E-state index contributed by atoms with van der Waals surface area (Å²) < 4.78 is 29.1. The van der Waals surface area contributed by atoms with Crippen molar-refractivity contribution in [1.29, 1.82) is 0 Å². The Bertz CT molecular complexity index is 544. The Kier molecular flexibility index (Phi) is 4.24. The average Bonchev–Trinajstić information content (AvgIpc) is 2.43. The van der Waals surface area contributed by atoms with Crippen LogP contribution in [0, 0.1) is 0 Å². The van der Waals surface area contributed by atoms with E-state index in [2.05, 4.69) is 11.8 Å². The van der Waals surface area contributed by atoms with Crippen molar-refractivity contribution in [3.05, 3.63) is 0 Å². The van der Waals surface area contributed by atoms with Crippen molar-refractivity contribution in [3.63, 3.8) is 0 Å². The number of nitrogens with zero attached hydrogens (tertiary/aromatic N) is 2. The number of carbonyl (C=O) groups excluding carboxylic acids is 1. The molecule has 2 atom stereocenters. The number of likely N-dealkylation sites (N-methyl/N-ethyl adjacent to an activating group) is 1. The number of rotatable bonds is 3. The molecule has 3 aliphatic rings. The zero-order valence-electron chi connectivity index (χ0n) is 13.5. The molecule has 2 aliphatic heterocycles. The average molecular weight is 330 g/mol. The van der Waals surface area contributed by atoms with Gasteiger partial charge in [0.15, 0.2) is 14.6 Å². The van der Waals surface area contributed by atoms with E-state index in [1.807, 2.05) is 4.90 Å². The maximum atomic E-state index is 13.1. The van der Waals surface area contributed by atoms with Crippen LogP contribution in [-0.2, 0) is 19.4 Å². The fourth-order valence-corrected chi connectivity index (χ4v) is 5.44. The van der Waals surface area contributed by atoms with Crippen molar-refractivity contribution in [3.8, 4) is 0 Å². The van der Waals surface area contributed by atoms with Crippen LogP contribution < -0.4 is 0 Å². The molecule has 0 spiro atoms. The van der Waals surface area contributed by atoms with Crippen molar-refractivity contribution in [1.82, 2.24) is 9.80 Å². The Morgan fingerprint density at radius 1 is 1.32 bits per heavy atom. The van der Waals surface area contributed by atoms with Gasteiger partial charge in [-0.2, -0.15) is 0 Å². The van der Waals surface area contributed by atoms with Crippen LogP contribution in [0.3, 0.4) is 0 Å². The smallest absolute Gasteiger partial charge is 0.244 e. The number of morpholine rings is 1. The van der Waals surface area contributed by atoms with E-state index in [9.17, 15) is 13.2 Å². The standard InChI is InChI=1S/C15H26N2O4S/c1-3-16-8-5-13-12(11-16)17(9-10-21-13)14(18)15(6-4-7-15)22(2,19)20/h12-13H,3-11H2,1-2H3/t12-,13+/m0/s1. The summed E-state index contributed by atoms with van der Waals surface area (Å²) in [7, 11) is -3.38. The van der Waals surface area contributed by atoms with Gasteiger partial charge in [-0.25, -0.2) is 8.42 Å². The maximum Gasteiger partial charge on any atom is 0.244 e. The van der Waals surface area contributed by atoms with Crippen molar-refractivity contribution >= 4 is 15.7 Å². The normalized spacial score (nSPS) is 32.2. The van der Waals surface area contributed by atoms with Gasteiger partial charge in [-0.15, -0.1) is 0 Å². The highest BCUT2D eigenvalue weighted by molar-refractivity contribution is 7.93. The molecule has 2 heterocycles. The number of hydrogen-bond donors (Lipinski definition) is 0. The van der Waals surface area contributed by atoms with Crippen LogP contribution in [0.25, 0.3) is 0 Å². The van der Waals surface area contributed by atoms with E-state index >= 15 is 0 Å². The molecule has 1 amide bonds. The molecule has 1 saturated carbocycles. The summed E-state index contributed by atoms with van der Waals surface area (Å²) in [4.78, 5) is 17.2. The SMILES string of the molecule is CCN1CC[C@H]2OCCN(C(=O)C3(S(C)(=O)=O)CCC3)[C@H]2C1. The van der Waals surface area contributed by atoms with Gasteiger partial charge in [-0.3, -0.25) is 4.79 Å². The second-order valence-electron chi connectivity index (χ2n) is 6.78. The Labute approximate surface area is 132 Å². The summed E-state index contributed by atoms with van der Waals surface area (Å²) in [6.07, 6.45) is 3.93. The predicted octanol–water partition coefficient (Wildman–Crippen LogP) is 0.275. The molecule has 22 heavy (non-hydrogen) atoms. The second kappa shape index (κ2) is 5.76. The number of carbonyl (C=O) groups is 1. The minimum absolute atomic E-state index is 0.00539. The maximum absolute atomic E-state index is 13.1. The van der Waals surface area contributed by atoms with E-state index in [0.29, 0.717) is 26.0 Å². The molecule has 1 aliphatic carbocycles. The number of piperidine rings is 1. The summed E-state index contributed by atoms with van der Waals surface area (Å²) in [5.74, 6) is -0.183. The Morgan fingerprint density at radius 3 is 2.59 bits per heavy atom. The lowest BCUT2D eigenvalue weighted by Gasteiger charge is -2.50. The lowest BCUT2D eigenvalue weighted by molar-refractivity contribution is -0.157. The fraction of sp³-hybridized carbons (Fsp3) is 0.933. The van der Waals surface area contributed by atoms with Crippen LogP contribution in [0.5, 0.6) is 0 Å². The van der Waals surface area contributed by atoms with Crippen LogP contribution in [0.4, 0.5) is 0 Å². The van der Waals surface area contributed by atoms with Crippen LogP contribution >= 0.6 is 0 Å². The zero-order chi connectivity index (χ0) is 16.0. The molecule has 3 rings (SSSR count). The molecule has 0 bridgehead atoms. The second-order valence-corrected chi connectivity index (χ2v) is 9.10. The minimum Gasteiger partial charge on any atom is -0.374 e. The van der Waals surface area contributed by atoms with Crippen LogP contribution in [0.1, 0.15) is 32.6 Å². The third-order valence-corrected chi connectivity index (χ3v) is 7.64. The van der Waals surface area contributed by atoms with Gasteiger partial charge < -0.3 is 14.5 Å². The summed E-state index contributed by atoms with van der Waals surface area (Å²) in [5, 5.41) is 0. The molecule has 0 unspecified atom stereocenters. The molecule has 0 aromatic carbocycles. The van der Waals surface area contributed by atoms with Gasteiger partial charge in [0.2, 0.25) is 5.91 Å². The molecule has 3 fully saturated rings. The highest BCUT2D eigenvalue weighted by Gasteiger charge is 2.56. The Hall–Kier alpha value is -0.660. The molecule has 0 radical (unpaired) electrons. The number of hydrogen-bond acceptors (Lipinski definition) is 5. The van der Waals surface area contributed by atoms with Gasteiger partial charge in [0.25, 0.3) is 0 Å². The molecule has 6 nitrogen and oxygen atoms in total. The van der Waals surface area contributed by atoms with E-state index in [1.54, 1.807) is 0 Å². The van der Waals surface area contributed by atoms with Gasteiger partial charge in [0, 0.05) is 25.9 Å². The molecule has 0 aromatic heterocycles. The zero-order valence-corrected chi connectivity index (χ0v) is 14.3. The van der Waals surface area contributed by atoms with Crippen molar-refractivity contribution in [2.24, 2.45) is 0 Å². The number of amides is 1. The molecule has 0 aromatic rings. The quantitative estimate of drug-likeness (QED) is 0.743. The fourth-order valence-electron chi connectivity index (χ4n) is 3.98. The lowest BCUT2D eigenvalue weighted by atomic mass is 9.82. The number of ether oxygens (including phenoxy) is 1. The first-order chi connectivity index (χ1) is 10.4. The van der Waals surface area contributed by atoms with Gasteiger partial charge in [0.05, 0.1) is 18.8 Å². The van der Waals surface area contributed by atoms with E-state index in [0.717, 1.165) is 32.5 Å². The van der Waals surface area contributed by atoms with E-state index < -0.39 is 14.6 Å². The summed E-state index contributed by atoms with van der Waals surface area (Å²) in [6, 6.07) is -0.00539. The van der Waals surface area contributed by atoms with Gasteiger partial charge in [0.1, 0.15) is 0 Å². The van der Waals surface area contributed by atoms with E-state index in [-0.39, 0.29) is 18.1 Å². The molecular formula is C15H26N2O4S. The largest absolute Gasteiger partial charge is 0.374 e. The monoisotopic (exact) mass is 330 g/mol. The third kappa shape index (κ3) is 2.47. The van der Waals surface area contributed by atoms with E-state index in [1.165, 1.54) is 6.26 Å². The molecule has 126 valence electrons. The topological polar surface area (TPSA) is 66.9 Å². The Morgan fingerprint density at radius 2 is 2.05 bits per heavy atom. The summed E-state index contributed by atoms with van der Waals surface area (Å²) >= 11 is 0. The number of sulfone groups is 1. The van der Waals surface area contributed by atoms with Gasteiger partial charge in [-0.1, -0.05) is 6.92 Å². The molecule has 7 heteroatoms. The summed E-state index contributed by atoms with van der Waals surface area (Å²) in [5.41, 5.74) is 0. The van der Waals surface area contributed by atoms with E-state index in [4.69, 9.17) is 4.74 Å². The number of likely N-dealkylation sites (tertiary alicyclic amines) is 1. The van der Waals surface area contributed by atoms with Crippen molar-refractivity contribution < 1.29 is 17.9 Å². The molecular weight excluding hydrogens is 304 g/mol. The van der Waals surface area contributed by atoms with Crippen LogP contribution in [0.2, 0.25) is 0 Å². The predicted molar refractivity (Wildman–Crippen MR) is 83.4 cm³/mol. The van der Waals surface area contributed by atoms with Gasteiger partial charge in [-0.05, 0) is 32.2 Å². The summed E-state index contributed by atoms with van der Waals surface area (Å²) in [6.45, 7) is 5.85. The number of fused-ring (bicyclic) bond motifs is 1. The minimum atomic E-state index is -3.38. The Balaban J connectivity index is 1.84. The first-order valence-electron chi connectivity index (χ1n) is 8.23. The first kappa shape index (κ1) is 16.2. The highest BCUT2D eigenvalue weighted by Crippen LogP contribution is 2.41. The van der Waals surface area contributed by atoms with Crippen LogP contribution in [0.15, 0.2) is 0 Å². The molecule has 0 N–H and O–H groups in total. The third-order valence-electron chi connectivity index (χ3n) is 5.64. The first-order valence-corrected chi connectivity index (χ1v) is 10.1. The lowest BCUT2D eigenvalue weighted by Crippen LogP contribution is -2.67. The van der Waals surface area contributed by atoms with Crippen molar-refractivity contribution in [2.75, 3.05) is 39.0 Å². The van der Waals surface area contributed by atoms with Crippen LogP contribution in [-0.4, -0.2) is 80.1 Å². The molecule has 2 saturated heterocycles. The van der Waals surface area contributed by atoms with Crippen molar-refractivity contribution in [2.45, 2.75) is 49.5 Å². The highest BCUT2D eigenvalue weighted by atomic mass is 32.2. The van der Waals surface area contributed by atoms with Gasteiger partial charge >= 0.3 is 0 Å².